The van der Waals surface area contributed by atoms with Gasteiger partial charge < -0.3 is 15.5 Å². The molecule has 0 spiro atoms. The molecule has 0 atom stereocenters. The number of nitrogens with zero attached hydrogens (tertiary/aromatic N) is 3. The molecule has 2 N–H and O–H groups in total. The summed E-state index contributed by atoms with van der Waals surface area (Å²) in [7, 11) is 0. The first-order valence-electron chi connectivity index (χ1n) is 9.46. The molecule has 5 nitrogen and oxygen atoms in total. The van der Waals surface area contributed by atoms with Gasteiger partial charge in [0, 0.05) is 42.8 Å². The van der Waals surface area contributed by atoms with Gasteiger partial charge in [-0.15, -0.1) is 0 Å². The molecule has 0 amide bonds. The fourth-order valence-electron chi connectivity index (χ4n) is 3.17. The maximum Gasteiger partial charge on any atom is 0.224 e. The SMILES string of the molecule is CCCCCNc1nc(C)cc(Nc2ccc(N3CCCC3)cc2)n1. The van der Waals surface area contributed by atoms with Crippen LogP contribution in [0.25, 0.3) is 0 Å². The Labute approximate surface area is 150 Å². The molecule has 0 radical (unpaired) electrons. The van der Waals surface area contributed by atoms with E-state index in [1.807, 2.05) is 13.0 Å². The monoisotopic (exact) mass is 339 g/mol. The molecular formula is C20H29N5. The van der Waals surface area contributed by atoms with E-state index in [1.54, 1.807) is 0 Å². The van der Waals surface area contributed by atoms with Crippen LogP contribution < -0.4 is 15.5 Å². The zero-order valence-electron chi connectivity index (χ0n) is 15.4. The van der Waals surface area contributed by atoms with Gasteiger partial charge in [-0.2, -0.15) is 4.98 Å². The van der Waals surface area contributed by atoms with Gasteiger partial charge in [0.1, 0.15) is 5.82 Å². The standard InChI is InChI=1S/C20H29N5/c1-3-4-5-12-21-20-22-16(2)15-19(24-20)23-17-8-10-18(11-9-17)25-13-6-7-14-25/h8-11,15H,3-7,12-14H2,1-2H3,(H2,21,22,23,24). The van der Waals surface area contributed by atoms with Crippen LogP contribution in [0.2, 0.25) is 0 Å². The van der Waals surface area contributed by atoms with Crippen molar-refractivity contribution in [1.82, 2.24) is 9.97 Å². The molecule has 2 heterocycles. The first-order valence-corrected chi connectivity index (χ1v) is 9.46. The van der Waals surface area contributed by atoms with Crippen LogP contribution in [-0.4, -0.2) is 29.6 Å². The number of hydrogen-bond donors (Lipinski definition) is 2. The number of unbranched alkanes of at least 4 members (excludes halogenated alkanes) is 2. The second-order valence-corrected chi connectivity index (χ2v) is 6.72. The van der Waals surface area contributed by atoms with Gasteiger partial charge >= 0.3 is 0 Å². The molecule has 1 aromatic carbocycles. The average Bonchev–Trinajstić information content (AvgIpc) is 3.14. The third-order valence-corrected chi connectivity index (χ3v) is 4.53. The molecule has 2 aromatic rings. The second kappa shape index (κ2) is 8.70. The second-order valence-electron chi connectivity index (χ2n) is 6.72. The highest BCUT2D eigenvalue weighted by Crippen LogP contribution is 2.24. The highest BCUT2D eigenvalue weighted by molar-refractivity contribution is 5.61. The molecule has 1 fully saturated rings. The van der Waals surface area contributed by atoms with Crippen LogP contribution in [0.3, 0.4) is 0 Å². The van der Waals surface area contributed by atoms with Gasteiger partial charge in [-0.05, 0) is 50.5 Å². The molecule has 3 rings (SSSR count). The molecule has 1 aliphatic rings. The summed E-state index contributed by atoms with van der Waals surface area (Å²) in [6.45, 7) is 7.47. The molecule has 1 aromatic heterocycles. The summed E-state index contributed by atoms with van der Waals surface area (Å²) < 4.78 is 0. The number of rotatable bonds is 8. The van der Waals surface area contributed by atoms with E-state index in [9.17, 15) is 0 Å². The van der Waals surface area contributed by atoms with Crippen LogP contribution in [0.4, 0.5) is 23.1 Å². The molecule has 1 aliphatic heterocycles. The zero-order valence-corrected chi connectivity index (χ0v) is 15.4. The third-order valence-electron chi connectivity index (χ3n) is 4.53. The van der Waals surface area contributed by atoms with E-state index in [0.717, 1.165) is 30.2 Å². The van der Waals surface area contributed by atoms with Crippen molar-refractivity contribution in [3.63, 3.8) is 0 Å². The first-order chi connectivity index (χ1) is 12.2. The summed E-state index contributed by atoms with van der Waals surface area (Å²) in [6, 6.07) is 10.6. The number of aryl methyl sites for hydroxylation is 1. The van der Waals surface area contributed by atoms with Crippen LogP contribution in [0.5, 0.6) is 0 Å². The summed E-state index contributed by atoms with van der Waals surface area (Å²) >= 11 is 0. The van der Waals surface area contributed by atoms with Crippen LogP contribution in [0, 0.1) is 6.92 Å². The van der Waals surface area contributed by atoms with E-state index < -0.39 is 0 Å². The van der Waals surface area contributed by atoms with Crippen molar-refractivity contribution in [3.8, 4) is 0 Å². The zero-order chi connectivity index (χ0) is 17.5. The average molecular weight is 339 g/mol. The van der Waals surface area contributed by atoms with Crippen molar-refractivity contribution in [2.24, 2.45) is 0 Å². The Morgan fingerprint density at radius 3 is 2.52 bits per heavy atom. The summed E-state index contributed by atoms with van der Waals surface area (Å²) in [6.07, 6.45) is 6.20. The van der Waals surface area contributed by atoms with Gasteiger partial charge in [0.25, 0.3) is 0 Å². The Morgan fingerprint density at radius 2 is 1.80 bits per heavy atom. The topological polar surface area (TPSA) is 53.1 Å². The van der Waals surface area contributed by atoms with E-state index in [-0.39, 0.29) is 0 Å². The Hall–Kier alpha value is -2.30. The van der Waals surface area contributed by atoms with Crippen LogP contribution in [0.15, 0.2) is 30.3 Å². The minimum absolute atomic E-state index is 0.701. The number of benzene rings is 1. The van der Waals surface area contributed by atoms with E-state index in [2.05, 4.69) is 56.7 Å². The van der Waals surface area contributed by atoms with Crippen molar-refractivity contribution >= 4 is 23.1 Å². The Bertz CT molecular complexity index is 662. The van der Waals surface area contributed by atoms with E-state index in [4.69, 9.17) is 0 Å². The van der Waals surface area contributed by atoms with Gasteiger partial charge in [0.05, 0.1) is 0 Å². The summed E-state index contributed by atoms with van der Waals surface area (Å²) in [4.78, 5) is 11.5. The smallest absolute Gasteiger partial charge is 0.224 e. The van der Waals surface area contributed by atoms with Gasteiger partial charge in [-0.1, -0.05) is 19.8 Å². The van der Waals surface area contributed by atoms with Crippen molar-refractivity contribution in [1.29, 1.82) is 0 Å². The fraction of sp³-hybridized carbons (Fsp3) is 0.500. The highest BCUT2D eigenvalue weighted by atomic mass is 15.2. The van der Waals surface area contributed by atoms with Crippen molar-refractivity contribution < 1.29 is 0 Å². The first kappa shape index (κ1) is 17.5. The molecule has 0 unspecified atom stereocenters. The normalized spacial score (nSPS) is 13.9. The highest BCUT2D eigenvalue weighted by Gasteiger charge is 2.11. The minimum atomic E-state index is 0.701. The molecule has 0 saturated carbocycles. The van der Waals surface area contributed by atoms with E-state index >= 15 is 0 Å². The molecule has 134 valence electrons. The molecule has 1 saturated heterocycles. The lowest BCUT2D eigenvalue weighted by atomic mass is 10.2. The maximum absolute atomic E-state index is 4.58. The number of aromatic nitrogens is 2. The minimum Gasteiger partial charge on any atom is -0.372 e. The third kappa shape index (κ3) is 5.08. The number of nitrogens with one attached hydrogen (secondary N) is 2. The lowest BCUT2D eigenvalue weighted by Crippen LogP contribution is -2.17. The summed E-state index contributed by atoms with van der Waals surface area (Å²) in [5.41, 5.74) is 3.32. The number of hydrogen-bond acceptors (Lipinski definition) is 5. The van der Waals surface area contributed by atoms with Crippen LogP contribution in [-0.2, 0) is 0 Å². The predicted octanol–water partition coefficient (Wildman–Crippen LogP) is 4.73. The summed E-state index contributed by atoms with van der Waals surface area (Å²) in [5, 5.41) is 6.72. The molecule has 5 heteroatoms. The largest absolute Gasteiger partial charge is 0.372 e. The lowest BCUT2D eigenvalue weighted by molar-refractivity contribution is 0.740. The number of anilines is 4. The van der Waals surface area contributed by atoms with E-state index in [1.165, 1.54) is 44.5 Å². The summed E-state index contributed by atoms with van der Waals surface area (Å²) in [5.74, 6) is 1.53. The van der Waals surface area contributed by atoms with Crippen molar-refractivity contribution in [3.05, 3.63) is 36.0 Å². The maximum atomic E-state index is 4.58. The molecular weight excluding hydrogens is 310 g/mol. The van der Waals surface area contributed by atoms with Gasteiger partial charge in [-0.25, -0.2) is 4.98 Å². The van der Waals surface area contributed by atoms with Crippen LogP contribution in [0.1, 0.15) is 44.7 Å². The van der Waals surface area contributed by atoms with Crippen LogP contribution >= 0.6 is 0 Å². The van der Waals surface area contributed by atoms with Crippen molar-refractivity contribution in [2.75, 3.05) is 35.2 Å². The molecule has 25 heavy (non-hydrogen) atoms. The quantitative estimate of drug-likeness (QED) is 0.681. The lowest BCUT2D eigenvalue weighted by Gasteiger charge is -2.18. The Balaban J connectivity index is 1.62. The Morgan fingerprint density at radius 1 is 1.04 bits per heavy atom. The van der Waals surface area contributed by atoms with Gasteiger partial charge in [0.15, 0.2) is 0 Å². The molecule has 0 aliphatic carbocycles. The molecule has 0 bridgehead atoms. The fourth-order valence-corrected chi connectivity index (χ4v) is 3.17. The predicted molar refractivity (Wildman–Crippen MR) is 106 cm³/mol. The van der Waals surface area contributed by atoms with Gasteiger partial charge in [0.2, 0.25) is 5.95 Å². The van der Waals surface area contributed by atoms with E-state index in [0.29, 0.717) is 5.95 Å². The Kier molecular flexibility index (Phi) is 6.09. The van der Waals surface area contributed by atoms with Gasteiger partial charge in [-0.3, -0.25) is 0 Å². The van der Waals surface area contributed by atoms with Crippen molar-refractivity contribution in [2.45, 2.75) is 46.0 Å².